The summed E-state index contributed by atoms with van der Waals surface area (Å²) in [5.74, 6) is -1.69. The molecular formula is C33H29N3O4S. The normalized spacial score (nSPS) is 15.0. The van der Waals surface area contributed by atoms with Gasteiger partial charge in [0.1, 0.15) is 11.3 Å². The van der Waals surface area contributed by atoms with E-state index in [1.54, 1.807) is 43.4 Å². The molecular weight excluding hydrogens is 534 g/mol. The van der Waals surface area contributed by atoms with Crippen molar-refractivity contribution in [1.82, 2.24) is 10.2 Å². The molecule has 0 spiro atoms. The summed E-state index contributed by atoms with van der Waals surface area (Å²) >= 11 is 0.996. The second-order valence-corrected chi connectivity index (χ2v) is 9.85. The van der Waals surface area contributed by atoms with E-state index < -0.39 is 11.8 Å². The molecule has 3 amide bonds. The summed E-state index contributed by atoms with van der Waals surface area (Å²) in [4.78, 5) is 45.4. The highest BCUT2D eigenvalue weighted by molar-refractivity contribution is 8.14. The highest BCUT2D eigenvalue weighted by Crippen LogP contribution is 2.27. The SMILES string of the molecule is C=C/C=C\C(=C/C)N1C(=O)/C(=C/c2cccc(O)c2)C(=O)N=C1SCC(=O)NC(c1ccccc1)c1ccccc1. The van der Waals surface area contributed by atoms with Crippen LogP contribution in [0.5, 0.6) is 5.75 Å². The van der Waals surface area contributed by atoms with E-state index in [0.29, 0.717) is 11.3 Å². The summed E-state index contributed by atoms with van der Waals surface area (Å²) in [6, 6.07) is 25.1. The van der Waals surface area contributed by atoms with Crippen LogP contribution in [0.25, 0.3) is 6.08 Å². The molecule has 2 N–H and O–H groups in total. The first-order valence-corrected chi connectivity index (χ1v) is 13.9. The van der Waals surface area contributed by atoms with Gasteiger partial charge >= 0.3 is 0 Å². The molecule has 1 aliphatic rings. The Morgan fingerprint density at radius 3 is 2.27 bits per heavy atom. The Hall–Kier alpha value is -4.95. The van der Waals surface area contributed by atoms with Gasteiger partial charge in [0.2, 0.25) is 5.91 Å². The molecule has 0 bridgehead atoms. The molecule has 1 heterocycles. The van der Waals surface area contributed by atoms with Gasteiger partial charge in [0.15, 0.2) is 5.17 Å². The summed E-state index contributed by atoms with van der Waals surface area (Å²) in [7, 11) is 0. The molecule has 206 valence electrons. The van der Waals surface area contributed by atoms with Gasteiger partial charge in [0, 0.05) is 5.70 Å². The van der Waals surface area contributed by atoms with E-state index >= 15 is 0 Å². The van der Waals surface area contributed by atoms with Gasteiger partial charge in [-0.05, 0) is 47.9 Å². The lowest BCUT2D eigenvalue weighted by molar-refractivity contribution is -0.126. The molecule has 0 saturated carbocycles. The number of rotatable bonds is 9. The third-order valence-electron chi connectivity index (χ3n) is 6.09. The predicted octanol–water partition coefficient (Wildman–Crippen LogP) is 5.79. The molecule has 0 aromatic heterocycles. The van der Waals surface area contributed by atoms with E-state index in [1.807, 2.05) is 60.7 Å². The first kappa shape index (κ1) is 29.0. The first-order valence-electron chi connectivity index (χ1n) is 12.9. The molecule has 3 aromatic rings. The van der Waals surface area contributed by atoms with Gasteiger partial charge in [-0.15, -0.1) is 0 Å². The molecule has 41 heavy (non-hydrogen) atoms. The quantitative estimate of drug-likeness (QED) is 0.195. The number of hydrogen-bond acceptors (Lipinski definition) is 5. The highest BCUT2D eigenvalue weighted by atomic mass is 32.2. The molecule has 7 nitrogen and oxygen atoms in total. The second kappa shape index (κ2) is 13.9. The van der Waals surface area contributed by atoms with Crippen LogP contribution < -0.4 is 5.32 Å². The zero-order valence-electron chi connectivity index (χ0n) is 22.4. The second-order valence-electron chi connectivity index (χ2n) is 8.91. The van der Waals surface area contributed by atoms with Crippen molar-refractivity contribution in [3.63, 3.8) is 0 Å². The van der Waals surface area contributed by atoms with Crippen molar-refractivity contribution in [1.29, 1.82) is 0 Å². The van der Waals surface area contributed by atoms with Crippen molar-refractivity contribution in [3.8, 4) is 5.75 Å². The number of amidine groups is 1. The number of amides is 3. The Morgan fingerprint density at radius 2 is 1.68 bits per heavy atom. The summed E-state index contributed by atoms with van der Waals surface area (Å²) in [6.07, 6.45) is 8.00. The highest BCUT2D eigenvalue weighted by Gasteiger charge is 2.35. The van der Waals surface area contributed by atoms with Gasteiger partial charge in [0.05, 0.1) is 11.8 Å². The Labute approximate surface area is 243 Å². The summed E-state index contributed by atoms with van der Waals surface area (Å²) < 4.78 is 0. The lowest BCUT2D eigenvalue weighted by atomic mass is 9.99. The number of phenols is 1. The van der Waals surface area contributed by atoms with Crippen LogP contribution in [0.1, 0.15) is 29.7 Å². The molecule has 8 heteroatoms. The van der Waals surface area contributed by atoms with Crippen molar-refractivity contribution in [2.24, 2.45) is 4.99 Å². The van der Waals surface area contributed by atoms with Gasteiger partial charge in [0.25, 0.3) is 11.8 Å². The van der Waals surface area contributed by atoms with Gasteiger partial charge in [-0.1, -0.05) is 109 Å². The topological polar surface area (TPSA) is 99.1 Å². The third-order valence-corrected chi connectivity index (χ3v) is 7.03. The standard InChI is InChI=1S/C33H29N3O4S/c1-3-5-18-26(4-2)36-32(40)28(21-23-13-12-19-27(37)20-23)31(39)35-33(36)41-22-29(38)34-30(24-14-8-6-9-15-24)25-16-10-7-11-17-25/h3-21,30,37H,1,22H2,2H3,(H,34,38)/b18-5-,26-4+,28-21+. The number of allylic oxidation sites excluding steroid dienone is 4. The minimum absolute atomic E-state index is 0.00467. The number of benzene rings is 3. The zero-order valence-corrected chi connectivity index (χ0v) is 23.3. The fourth-order valence-corrected chi connectivity index (χ4v) is 4.98. The van der Waals surface area contributed by atoms with Crippen LogP contribution >= 0.6 is 11.8 Å². The number of nitrogens with one attached hydrogen (secondary N) is 1. The number of carbonyl (C=O) groups excluding carboxylic acids is 3. The molecule has 0 atom stereocenters. The number of aromatic hydroxyl groups is 1. The molecule has 0 unspecified atom stereocenters. The van der Waals surface area contributed by atoms with Crippen molar-refractivity contribution in [3.05, 3.63) is 144 Å². The van der Waals surface area contributed by atoms with Crippen LogP contribution in [0.3, 0.4) is 0 Å². The molecule has 3 aromatic carbocycles. The van der Waals surface area contributed by atoms with Gasteiger partial charge in [-0.2, -0.15) is 4.99 Å². The van der Waals surface area contributed by atoms with Crippen LogP contribution in [0, 0.1) is 0 Å². The van der Waals surface area contributed by atoms with Crippen molar-refractivity contribution < 1.29 is 19.5 Å². The summed E-state index contributed by atoms with van der Waals surface area (Å²) in [5.41, 5.74) is 2.62. The Kier molecular flexibility index (Phi) is 9.85. The fraction of sp³-hybridized carbons (Fsp3) is 0.0909. The molecule has 4 rings (SSSR count). The number of phenolic OH excluding ortho intramolecular Hbond substituents is 1. The summed E-state index contributed by atoms with van der Waals surface area (Å²) in [5, 5.41) is 13.0. The first-order chi connectivity index (χ1) is 19.9. The Bertz CT molecular complexity index is 1520. The van der Waals surface area contributed by atoms with E-state index in [0.717, 1.165) is 22.9 Å². The third kappa shape index (κ3) is 7.38. The number of hydrogen-bond donors (Lipinski definition) is 2. The Balaban J connectivity index is 1.61. The van der Waals surface area contributed by atoms with E-state index in [2.05, 4.69) is 16.9 Å². The fourth-order valence-electron chi connectivity index (χ4n) is 4.17. The van der Waals surface area contributed by atoms with E-state index in [1.165, 1.54) is 23.1 Å². The lowest BCUT2D eigenvalue weighted by Gasteiger charge is -2.28. The molecule has 0 saturated heterocycles. The summed E-state index contributed by atoms with van der Waals surface area (Å²) in [6.45, 7) is 5.44. The van der Waals surface area contributed by atoms with Crippen molar-refractivity contribution in [2.75, 3.05) is 5.75 Å². The van der Waals surface area contributed by atoms with Gasteiger partial charge in [-0.25, -0.2) is 0 Å². The molecule has 0 fully saturated rings. The average molecular weight is 564 g/mol. The van der Waals surface area contributed by atoms with E-state index in [4.69, 9.17) is 0 Å². The van der Waals surface area contributed by atoms with Crippen molar-refractivity contribution >= 4 is 40.7 Å². The van der Waals surface area contributed by atoms with Crippen LogP contribution in [-0.2, 0) is 14.4 Å². The lowest BCUT2D eigenvalue weighted by Crippen LogP contribution is -2.42. The average Bonchev–Trinajstić information content (AvgIpc) is 2.99. The maximum atomic E-state index is 13.7. The zero-order chi connectivity index (χ0) is 29.2. The minimum atomic E-state index is -0.730. The number of thioether (sulfide) groups is 1. The molecule has 0 aliphatic carbocycles. The van der Waals surface area contributed by atoms with E-state index in [9.17, 15) is 19.5 Å². The van der Waals surface area contributed by atoms with Crippen LogP contribution in [-0.4, -0.2) is 38.6 Å². The largest absolute Gasteiger partial charge is 0.508 e. The maximum absolute atomic E-state index is 13.7. The van der Waals surface area contributed by atoms with Crippen molar-refractivity contribution in [2.45, 2.75) is 13.0 Å². The minimum Gasteiger partial charge on any atom is -0.508 e. The van der Waals surface area contributed by atoms with E-state index in [-0.39, 0.29) is 34.2 Å². The monoisotopic (exact) mass is 563 g/mol. The number of carbonyl (C=O) groups is 3. The maximum Gasteiger partial charge on any atom is 0.285 e. The van der Waals surface area contributed by atoms with Crippen LogP contribution in [0.4, 0.5) is 0 Å². The van der Waals surface area contributed by atoms with Gasteiger partial charge in [-0.3, -0.25) is 19.3 Å². The van der Waals surface area contributed by atoms with Gasteiger partial charge < -0.3 is 10.4 Å². The smallest absolute Gasteiger partial charge is 0.285 e. The van der Waals surface area contributed by atoms with Crippen LogP contribution in [0.15, 0.2) is 132 Å². The number of nitrogens with zero attached hydrogens (tertiary/aromatic N) is 2. The van der Waals surface area contributed by atoms with Crippen LogP contribution in [0.2, 0.25) is 0 Å². The predicted molar refractivity (Wildman–Crippen MR) is 164 cm³/mol. The number of aliphatic imine (C=N–C) groups is 1. The molecule has 0 radical (unpaired) electrons. The molecule has 1 aliphatic heterocycles. The Morgan fingerprint density at radius 1 is 1.02 bits per heavy atom.